The van der Waals surface area contributed by atoms with Gasteiger partial charge in [0.1, 0.15) is 9.71 Å². The topological polar surface area (TPSA) is 151 Å². The molecular formula is C23H23N4O7S+. The lowest BCUT2D eigenvalue weighted by atomic mass is 9.92. The fourth-order valence-corrected chi connectivity index (χ4v) is 5.16. The standard InChI is InChI=1S/C23H22N4O7S/c1-9-14(10(2)28)15(11-7-12(31-4)20(33-6)13(8-11)32-5)16-17(24)21(35-22(16)25-9)19(29)18-23(30)34-26-27(18)3/h7-8H,1-6H3,(H2-,24,26,29,30)/p+1. The van der Waals surface area contributed by atoms with E-state index in [-0.39, 0.29) is 22.0 Å². The number of pyridine rings is 1. The van der Waals surface area contributed by atoms with Crippen LogP contribution in [0.3, 0.4) is 0 Å². The van der Waals surface area contributed by atoms with Crippen molar-refractivity contribution in [1.29, 1.82) is 0 Å². The van der Waals surface area contributed by atoms with Crippen LogP contribution < -0.4 is 30.3 Å². The molecule has 12 heteroatoms. The lowest BCUT2D eigenvalue weighted by molar-refractivity contribution is -0.741. The van der Waals surface area contributed by atoms with Gasteiger partial charge in [-0.25, -0.2) is 9.78 Å². The normalized spacial score (nSPS) is 11.0. The van der Waals surface area contributed by atoms with Crippen molar-refractivity contribution in [3.8, 4) is 28.4 Å². The van der Waals surface area contributed by atoms with Gasteiger partial charge in [0.15, 0.2) is 24.3 Å². The summed E-state index contributed by atoms with van der Waals surface area (Å²) >= 11 is 1.03. The van der Waals surface area contributed by atoms with Crippen molar-refractivity contribution >= 4 is 38.8 Å². The van der Waals surface area contributed by atoms with Gasteiger partial charge in [-0.1, -0.05) is 4.68 Å². The van der Waals surface area contributed by atoms with Gasteiger partial charge in [0.25, 0.3) is 5.78 Å². The second-order valence-electron chi connectivity index (χ2n) is 7.66. The second-order valence-corrected chi connectivity index (χ2v) is 8.66. The van der Waals surface area contributed by atoms with Crippen molar-refractivity contribution in [2.24, 2.45) is 7.05 Å². The van der Waals surface area contributed by atoms with Crippen LogP contribution in [0.1, 0.15) is 38.3 Å². The summed E-state index contributed by atoms with van der Waals surface area (Å²) in [5, 5.41) is 2.73. The molecule has 0 aliphatic rings. The Bertz CT molecular complexity index is 1540. The highest BCUT2D eigenvalue weighted by Gasteiger charge is 2.33. The number of methoxy groups -OCH3 is 3. The molecule has 0 atom stereocenters. The summed E-state index contributed by atoms with van der Waals surface area (Å²) in [6.07, 6.45) is 0. The summed E-state index contributed by atoms with van der Waals surface area (Å²) in [5.41, 5.74) is 7.36. The third-order valence-corrected chi connectivity index (χ3v) is 6.69. The van der Waals surface area contributed by atoms with Crippen LogP contribution in [0, 0.1) is 6.92 Å². The van der Waals surface area contributed by atoms with Gasteiger partial charge in [-0.2, -0.15) is 0 Å². The number of fused-ring (bicyclic) bond motifs is 1. The maximum absolute atomic E-state index is 13.3. The minimum Gasteiger partial charge on any atom is -0.493 e. The van der Waals surface area contributed by atoms with E-state index in [0.717, 1.165) is 11.3 Å². The number of H-pyrrole nitrogens is 1. The van der Waals surface area contributed by atoms with E-state index in [1.807, 2.05) is 0 Å². The molecule has 4 aromatic rings. The highest BCUT2D eigenvalue weighted by Crippen LogP contribution is 2.47. The number of aromatic nitrogens is 3. The van der Waals surface area contributed by atoms with Crippen molar-refractivity contribution in [2.75, 3.05) is 27.1 Å². The van der Waals surface area contributed by atoms with Crippen LogP contribution in [0.15, 0.2) is 21.5 Å². The van der Waals surface area contributed by atoms with E-state index >= 15 is 0 Å². The molecule has 0 fully saturated rings. The molecule has 0 amide bonds. The predicted octanol–water partition coefficient (Wildman–Crippen LogP) is 2.42. The zero-order valence-corrected chi connectivity index (χ0v) is 20.7. The lowest BCUT2D eigenvalue weighted by Gasteiger charge is -2.17. The number of ether oxygens (including phenoxy) is 3. The summed E-state index contributed by atoms with van der Waals surface area (Å²) in [6, 6.07) is 3.39. The number of anilines is 1. The van der Waals surface area contributed by atoms with Gasteiger partial charge in [0, 0.05) is 16.5 Å². The van der Waals surface area contributed by atoms with Gasteiger partial charge in [-0.15, -0.1) is 11.3 Å². The zero-order valence-electron chi connectivity index (χ0n) is 19.9. The van der Waals surface area contributed by atoms with Crippen molar-refractivity contribution in [1.82, 2.24) is 10.3 Å². The molecule has 0 spiro atoms. The van der Waals surface area contributed by atoms with Gasteiger partial charge >= 0.3 is 11.3 Å². The number of nitrogens with zero attached hydrogens (tertiary/aromatic N) is 2. The molecule has 3 N–H and O–H groups in total. The number of nitrogens with two attached hydrogens (primary N) is 1. The lowest BCUT2D eigenvalue weighted by Crippen LogP contribution is -2.39. The number of nitrogen functional groups attached to an aromatic ring is 1. The summed E-state index contributed by atoms with van der Waals surface area (Å²) in [7, 11) is 5.93. The highest BCUT2D eigenvalue weighted by molar-refractivity contribution is 7.21. The van der Waals surface area contributed by atoms with Crippen molar-refractivity contribution in [3.05, 3.63) is 44.4 Å². The number of carbonyl (C=O) groups excluding carboxylic acids is 2. The molecule has 3 heterocycles. The third kappa shape index (κ3) is 3.71. The molecule has 0 radical (unpaired) electrons. The minimum absolute atomic E-state index is 0.0920. The monoisotopic (exact) mass is 499 g/mol. The van der Waals surface area contributed by atoms with Crippen molar-refractivity contribution < 1.29 is 33.0 Å². The number of hydrogen-bond acceptors (Lipinski definition) is 10. The predicted molar refractivity (Wildman–Crippen MR) is 128 cm³/mol. The maximum atomic E-state index is 13.3. The Labute approximate surface area is 203 Å². The van der Waals surface area contributed by atoms with E-state index in [4.69, 9.17) is 24.5 Å². The molecule has 0 bridgehead atoms. The molecule has 11 nitrogen and oxygen atoms in total. The third-order valence-electron chi connectivity index (χ3n) is 5.59. The number of thiophene rings is 1. The highest BCUT2D eigenvalue weighted by atomic mass is 32.1. The summed E-state index contributed by atoms with van der Waals surface area (Å²) in [6.45, 7) is 3.13. The van der Waals surface area contributed by atoms with Gasteiger partial charge in [0.05, 0.1) is 32.7 Å². The Morgan fingerprint density at radius 1 is 1.14 bits per heavy atom. The first-order chi connectivity index (χ1) is 16.6. The van der Waals surface area contributed by atoms with Gasteiger partial charge in [0.2, 0.25) is 5.75 Å². The van der Waals surface area contributed by atoms with Crippen LogP contribution in [-0.4, -0.2) is 43.2 Å². The Morgan fingerprint density at radius 3 is 2.26 bits per heavy atom. The number of aryl methyl sites for hydroxylation is 2. The van der Waals surface area contributed by atoms with Crippen LogP contribution in [0.25, 0.3) is 21.3 Å². The molecule has 3 aromatic heterocycles. The number of benzene rings is 1. The number of aromatic amines is 1. The molecular weight excluding hydrogens is 476 g/mol. The van der Waals surface area contributed by atoms with E-state index in [9.17, 15) is 14.4 Å². The van der Waals surface area contributed by atoms with Gasteiger partial charge < -0.3 is 19.9 Å². The number of carbonyl (C=O) groups is 2. The fourth-order valence-electron chi connectivity index (χ4n) is 4.07. The van der Waals surface area contributed by atoms with E-state index in [0.29, 0.717) is 49.8 Å². The molecule has 1 aromatic carbocycles. The van der Waals surface area contributed by atoms with E-state index in [2.05, 4.69) is 10.3 Å². The first-order valence-electron chi connectivity index (χ1n) is 10.3. The van der Waals surface area contributed by atoms with Crippen LogP contribution >= 0.6 is 11.3 Å². The number of ketones is 2. The van der Waals surface area contributed by atoms with E-state index in [1.54, 1.807) is 19.1 Å². The first-order valence-corrected chi connectivity index (χ1v) is 11.1. The molecule has 4 rings (SSSR count). The van der Waals surface area contributed by atoms with E-state index in [1.165, 1.54) is 40.0 Å². The Hall–Kier alpha value is -4.19. The fraction of sp³-hybridized carbons (Fsp3) is 0.261. The van der Waals surface area contributed by atoms with Crippen molar-refractivity contribution in [2.45, 2.75) is 13.8 Å². The maximum Gasteiger partial charge on any atom is 0.438 e. The van der Waals surface area contributed by atoms with Crippen molar-refractivity contribution in [3.63, 3.8) is 0 Å². The van der Waals surface area contributed by atoms with Crippen LogP contribution in [0.2, 0.25) is 0 Å². The van der Waals surface area contributed by atoms with Crippen LogP contribution in [-0.2, 0) is 7.05 Å². The smallest absolute Gasteiger partial charge is 0.438 e. The van der Waals surface area contributed by atoms with Gasteiger partial charge in [-0.05, 0) is 36.8 Å². The molecule has 0 aliphatic carbocycles. The zero-order chi connectivity index (χ0) is 25.6. The molecule has 182 valence electrons. The Kier molecular flexibility index (Phi) is 6.07. The van der Waals surface area contributed by atoms with Crippen LogP contribution in [0.4, 0.5) is 5.69 Å². The number of nitrogens with one attached hydrogen (secondary N) is 1. The molecule has 0 unspecified atom stereocenters. The molecule has 35 heavy (non-hydrogen) atoms. The van der Waals surface area contributed by atoms with Crippen LogP contribution in [0.5, 0.6) is 17.2 Å². The quantitative estimate of drug-likeness (QED) is 0.288. The summed E-state index contributed by atoms with van der Waals surface area (Å²) in [4.78, 5) is 43.2. The first kappa shape index (κ1) is 24.0. The molecule has 0 aliphatic heterocycles. The second kappa shape index (κ2) is 8.87. The number of Topliss-reactive ketones (excluding diaryl/α,β-unsaturated/α-hetero) is 1. The minimum atomic E-state index is -0.826. The molecule has 0 saturated heterocycles. The number of hydrogen-bond donors (Lipinski definition) is 2. The molecule has 0 saturated carbocycles. The summed E-state index contributed by atoms with van der Waals surface area (Å²) < 4.78 is 22.3. The number of rotatable bonds is 7. The summed E-state index contributed by atoms with van der Waals surface area (Å²) in [5.74, 6) is 0.269. The Balaban J connectivity index is 2.11. The average Bonchev–Trinajstić information content (AvgIpc) is 3.34. The average molecular weight is 500 g/mol. The Morgan fingerprint density at radius 2 is 1.77 bits per heavy atom. The largest absolute Gasteiger partial charge is 0.493 e. The SMILES string of the molecule is COc1cc(-c2c(C(C)=O)c(C)nc3sc(C(=O)c4c(=O)o[nH][n+]4C)c(N)c23)cc(OC)c1OC. The van der Waals surface area contributed by atoms with E-state index < -0.39 is 11.4 Å². The van der Waals surface area contributed by atoms with Gasteiger partial charge in [-0.3, -0.25) is 14.1 Å².